The highest BCUT2D eigenvalue weighted by Crippen LogP contribution is 2.23. The minimum Gasteiger partial charge on any atom is -0.444 e. The number of nitrogens with one attached hydrogen (secondary N) is 2. The van der Waals surface area contributed by atoms with Crippen LogP contribution in [0.5, 0.6) is 0 Å². The molecule has 0 spiro atoms. The molecule has 1 aliphatic rings. The lowest BCUT2D eigenvalue weighted by atomic mass is 9.90. The Morgan fingerprint density at radius 3 is 2.60 bits per heavy atom. The Morgan fingerprint density at radius 1 is 1.36 bits per heavy atom. The maximum atomic E-state index is 11.9. The number of piperidine rings is 1. The third kappa shape index (κ3) is 6.03. The molecule has 0 aliphatic carbocycles. The number of amides is 1. The van der Waals surface area contributed by atoms with Crippen LogP contribution in [-0.4, -0.2) is 40.6 Å². The number of carbonyl (C=O) groups is 1. The van der Waals surface area contributed by atoms with Gasteiger partial charge in [-0.05, 0) is 85.4 Å². The lowest BCUT2D eigenvalue weighted by molar-refractivity contribution is 0.0503. The average molecular weight is 351 g/mol. The molecule has 2 N–H and O–H groups in total. The van der Waals surface area contributed by atoms with Gasteiger partial charge in [-0.2, -0.15) is 5.10 Å². The number of rotatable bonds is 5. The summed E-state index contributed by atoms with van der Waals surface area (Å²) in [4.78, 5) is 11.9. The first-order valence-electron chi connectivity index (χ1n) is 9.39. The van der Waals surface area contributed by atoms with Gasteiger partial charge >= 0.3 is 6.09 Å². The molecular weight excluding hydrogens is 316 g/mol. The first kappa shape index (κ1) is 19.8. The van der Waals surface area contributed by atoms with Gasteiger partial charge in [0.25, 0.3) is 0 Å². The fraction of sp³-hybridized carbons (Fsp3) is 0.789. The Balaban J connectivity index is 1.95. The van der Waals surface area contributed by atoms with Gasteiger partial charge < -0.3 is 15.4 Å². The van der Waals surface area contributed by atoms with E-state index >= 15 is 0 Å². The molecule has 0 radical (unpaired) electrons. The number of aromatic nitrogens is 2. The number of hydrogen-bond acceptors (Lipinski definition) is 4. The predicted octanol–water partition coefficient (Wildman–Crippen LogP) is 2.96. The van der Waals surface area contributed by atoms with Gasteiger partial charge in [-0.15, -0.1) is 0 Å². The molecular formula is C19H34N4O2. The molecule has 6 nitrogen and oxygen atoms in total. The number of ether oxygens (including phenoxy) is 1. The minimum atomic E-state index is -0.482. The molecule has 2 rings (SSSR count). The molecule has 1 fully saturated rings. The molecule has 0 aromatic carbocycles. The minimum absolute atomic E-state index is 0.0421. The molecule has 1 aliphatic heterocycles. The van der Waals surface area contributed by atoms with E-state index in [1.54, 1.807) is 0 Å². The van der Waals surface area contributed by atoms with Crippen LogP contribution in [0.25, 0.3) is 0 Å². The van der Waals surface area contributed by atoms with Crippen LogP contribution in [0, 0.1) is 19.8 Å². The molecule has 6 heteroatoms. The molecule has 1 aromatic rings. The molecule has 2 heterocycles. The summed E-state index contributed by atoms with van der Waals surface area (Å²) in [5.41, 5.74) is 3.22. The summed E-state index contributed by atoms with van der Waals surface area (Å²) >= 11 is 0. The number of aryl methyl sites for hydroxylation is 1. The van der Waals surface area contributed by atoms with Crippen LogP contribution >= 0.6 is 0 Å². The first-order chi connectivity index (χ1) is 11.7. The summed E-state index contributed by atoms with van der Waals surface area (Å²) in [6.07, 6.45) is 3.20. The topological polar surface area (TPSA) is 68.2 Å². The maximum absolute atomic E-state index is 11.9. The molecule has 1 amide bonds. The van der Waals surface area contributed by atoms with Gasteiger partial charge in [0.05, 0.1) is 12.2 Å². The second kappa shape index (κ2) is 8.21. The number of carbonyl (C=O) groups excluding carboxylic acids is 1. The summed E-state index contributed by atoms with van der Waals surface area (Å²) in [6, 6.07) is -0.0421. The Kier molecular flexibility index (Phi) is 6.49. The summed E-state index contributed by atoms with van der Waals surface area (Å²) in [6.45, 7) is 14.7. The van der Waals surface area contributed by atoms with Gasteiger partial charge in [0.15, 0.2) is 0 Å². The largest absolute Gasteiger partial charge is 0.444 e. The van der Waals surface area contributed by atoms with E-state index in [0.717, 1.165) is 31.1 Å². The Bertz CT molecular complexity index is 583. The molecule has 142 valence electrons. The van der Waals surface area contributed by atoms with Crippen LogP contribution in [-0.2, 0) is 17.7 Å². The predicted molar refractivity (Wildman–Crippen MR) is 99.8 cm³/mol. The fourth-order valence-electron chi connectivity index (χ4n) is 3.40. The van der Waals surface area contributed by atoms with Crippen molar-refractivity contribution in [3.05, 3.63) is 17.0 Å². The van der Waals surface area contributed by atoms with E-state index in [1.807, 2.05) is 32.4 Å². The maximum Gasteiger partial charge on any atom is 0.407 e. The molecule has 25 heavy (non-hydrogen) atoms. The van der Waals surface area contributed by atoms with E-state index in [2.05, 4.69) is 24.5 Å². The zero-order chi connectivity index (χ0) is 18.6. The molecule has 1 atom stereocenters. The zero-order valence-corrected chi connectivity index (χ0v) is 16.6. The fourth-order valence-corrected chi connectivity index (χ4v) is 3.40. The lowest BCUT2D eigenvalue weighted by Gasteiger charge is -2.23. The van der Waals surface area contributed by atoms with Gasteiger partial charge in [-0.1, -0.05) is 0 Å². The van der Waals surface area contributed by atoms with Crippen molar-refractivity contribution in [1.29, 1.82) is 0 Å². The van der Waals surface area contributed by atoms with Crippen molar-refractivity contribution < 1.29 is 9.53 Å². The zero-order valence-electron chi connectivity index (χ0n) is 16.6. The molecule has 0 saturated carbocycles. The molecule has 1 saturated heterocycles. The van der Waals surface area contributed by atoms with Crippen molar-refractivity contribution in [3.63, 3.8) is 0 Å². The van der Waals surface area contributed by atoms with Crippen molar-refractivity contribution >= 4 is 6.09 Å². The standard InChI is InChI=1S/C19H34N4O2/c1-13(21-18(24)25-19(4,5)6)12-23-15(3)17(14(2)22-23)11-16-7-9-20-10-8-16/h13,16,20H,7-12H2,1-6H3,(H,21,24)/t13-/m1/s1. The van der Waals surface area contributed by atoms with E-state index < -0.39 is 5.60 Å². The Labute approximate surface area is 151 Å². The Morgan fingerprint density at radius 2 is 2.00 bits per heavy atom. The van der Waals surface area contributed by atoms with E-state index in [-0.39, 0.29) is 12.1 Å². The highest BCUT2D eigenvalue weighted by molar-refractivity contribution is 5.68. The smallest absolute Gasteiger partial charge is 0.407 e. The second-order valence-corrected chi connectivity index (χ2v) is 8.28. The number of hydrogen-bond donors (Lipinski definition) is 2. The monoisotopic (exact) mass is 350 g/mol. The van der Waals surface area contributed by atoms with Crippen LogP contribution in [0.1, 0.15) is 57.5 Å². The lowest BCUT2D eigenvalue weighted by Crippen LogP contribution is -2.39. The Hall–Kier alpha value is -1.56. The average Bonchev–Trinajstić information content (AvgIpc) is 2.73. The van der Waals surface area contributed by atoms with E-state index in [9.17, 15) is 4.79 Å². The van der Waals surface area contributed by atoms with E-state index in [1.165, 1.54) is 24.1 Å². The van der Waals surface area contributed by atoms with Gasteiger partial charge in [0, 0.05) is 11.7 Å². The highest BCUT2D eigenvalue weighted by Gasteiger charge is 2.21. The SMILES string of the molecule is Cc1nn(C[C@@H](C)NC(=O)OC(C)(C)C)c(C)c1CC1CCNCC1. The van der Waals surface area contributed by atoms with Crippen LogP contribution in [0.15, 0.2) is 0 Å². The van der Waals surface area contributed by atoms with Gasteiger partial charge in [0.1, 0.15) is 5.60 Å². The van der Waals surface area contributed by atoms with E-state index in [0.29, 0.717) is 6.54 Å². The van der Waals surface area contributed by atoms with Crippen molar-refractivity contribution in [2.24, 2.45) is 5.92 Å². The van der Waals surface area contributed by atoms with Crippen molar-refractivity contribution in [2.45, 2.75) is 79.0 Å². The third-order valence-electron chi connectivity index (χ3n) is 4.69. The summed E-state index contributed by atoms with van der Waals surface area (Å²) in [5, 5.41) is 11.0. The van der Waals surface area contributed by atoms with Crippen LogP contribution in [0.3, 0.4) is 0 Å². The quantitative estimate of drug-likeness (QED) is 0.857. The molecule has 0 unspecified atom stereocenters. The van der Waals surface area contributed by atoms with Crippen molar-refractivity contribution in [3.8, 4) is 0 Å². The van der Waals surface area contributed by atoms with Crippen LogP contribution < -0.4 is 10.6 Å². The summed E-state index contributed by atoms with van der Waals surface area (Å²) in [7, 11) is 0. The van der Waals surface area contributed by atoms with Crippen LogP contribution in [0.2, 0.25) is 0 Å². The number of alkyl carbamates (subject to hydrolysis) is 1. The first-order valence-corrected chi connectivity index (χ1v) is 9.39. The molecule has 1 aromatic heterocycles. The summed E-state index contributed by atoms with van der Waals surface area (Å²) < 4.78 is 7.34. The normalized spacial score (nSPS) is 17.4. The van der Waals surface area contributed by atoms with Gasteiger partial charge in [0.2, 0.25) is 0 Å². The van der Waals surface area contributed by atoms with Gasteiger partial charge in [-0.25, -0.2) is 4.79 Å². The highest BCUT2D eigenvalue weighted by atomic mass is 16.6. The van der Waals surface area contributed by atoms with E-state index in [4.69, 9.17) is 9.84 Å². The summed E-state index contributed by atoms with van der Waals surface area (Å²) in [5.74, 6) is 0.744. The van der Waals surface area contributed by atoms with Gasteiger partial charge in [-0.3, -0.25) is 4.68 Å². The third-order valence-corrected chi connectivity index (χ3v) is 4.69. The number of nitrogens with zero attached hydrogens (tertiary/aromatic N) is 2. The van der Waals surface area contributed by atoms with Crippen molar-refractivity contribution in [1.82, 2.24) is 20.4 Å². The van der Waals surface area contributed by atoms with Crippen LogP contribution in [0.4, 0.5) is 4.79 Å². The molecule has 0 bridgehead atoms. The second-order valence-electron chi connectivity index (χ2n) is 8.28. The van der Waals surface area contributed by atoms with Crippen molar-refractivity contribution in [2.75, 3.05) is 13.1 Å².